The van der Waals surface area contributed by atoms with Crippen molar-refractivity contribution in [1.29, 1.82) is 0 Å². The monoisotopic (exact) mass is 191 g/mol. The van der Waals surface area contributed by atoms with Crippen LogP contribution in [0.25, 0.3) is 0 Å². The smallest absolute Gasteiger partial charge is 0.473 e. The summed E-state index contributed by atoms with van der Waals surface area (Å²) in [5.41, 5.74) is 0. The Labute approximate surface area is 102 Å². The first-order valence-electron chi connectivity index (χ1n) is 1.65. The number of carboxylic acid groups (broad SMARTS) is 2. The summed E-state index contributed by atoms with van der Waals surface area (Å²) in [6, 6.07) is 0. The maximum absolute atomic E-state index is 9.10. The molecule has 2 N–H and O–H groups in total. The van der Waals surface area contributed by atoms with E-state index in [-0.39, 0.29) is 51.4 Å². The Bertz CT molecular complexity index is 139. The summed E-state index contributed by atoms with van der Waals surface area (Å²) in [4.78, 5) is 26.4. The van der Waals surface area contributed by atoms with E-state index in [4.69, 9.17) is 35.1 Å². The van der Waals surface area contributed by atoms with Crippen LogP contribution in [-0.4, -0.2) is 27.2 Å². The summed E-state index contributed by atoms with van der Waals surface area (Å²) in [6.45, 7) is 0. The number of carbonyl (C=O) groups is 2. The molecular weight excluding hydrogens is 189 g/mol. The van der Waals surface area contributed by atoms with Crippen LogP contribution >= 0.6 is 0 Å². The molecule has 0 unspecified atom stereocenters. The fourth-order valence-corrected chi connectivity index (χ4v) is 0. The Balaban J connectivity index is -0.000000114. The van der Waals surface area contributed by atoms with E-state index in [1.807, 2.05) is 0 Å². The van der Waals surface area contributed by atoms with Gasteiger partial charge in [-0.2, -0.15) is 0 Å². The zero-order valence-corrected chi connectivity index (χ0v) is 8.51. The molecule has 0 fully saturated rings. The molecule has 0 bridgehead atoms. The quantitative estimate of drug-likeness (QED) is 0.171. The number of hydrogen-bond acceptors (Lipinski definition) is 5. The third kappa shape index (κ3) is 41.5. The molecule has 0 saturated heterocycles. The summed E-state index contributed by atoms with van der Waals surface area (Å²) in [5, 5.41) is 29.5. The Morgan fingerprint density at radius 2 is 1.18 bits per heavy atom. The molecule has 0 aromatic rings. The molecule has 0 rings (SSSR count). The van der Waals surface area contributed by atoms with Crippen molar-refractivity contribution in [3.63, 3.8) is 0 Å². The SMILES string of the molecule is O=C(O)C(=O)O.O=[N+]([O-])[O-].[K+]. The van der Waals surface area contributed by atoms with Gasteiger partial charge in [-0.1, -0.05) is 0 Å². The van der Waals surface area contributed by atoms with Crippen LogP contribution in [0, 0.1) is 15.3 Å². The van der Waals surface area contributed by atoms with E-state index in [1.165, 1.54) is 0 Å². The van der Waals surface area contributed by atoms with E-state index in [9.17, 15) is 0 Å². The van der Waals surface area contributed by atoms with Crippen molar-refractivity contribution in [2.75, 3.05) is 0 Å². The summed E-state index contributed by atoms with van der Waals surface area (Å²) in [5.74, 6) is -3.65. The molecule has 0 aliphatic rings. The fourth-order valence-electron chi connectivity index (χ4n) is 0. The molecule has 0 amide bonds. The van der Waals surface area contributed by atoms with Gasteiger partial charge in [-0.15, -0.1) is 0 Å². The Morgan fingerprint density at radius 1 is 1.09 bits per heavy atom. The first-order chi connectivity index (χ1) is 4.37. The molecule has 0 aliphatic heterocycles. The maximum atomic E-state index is 9.10. The minimum absolute atomic E-state index is 0. The second-order valence-electron chi connectivity index (χ2n) is 0.834. The number of hydrogen-bond donors (Lipinski definition) is 2. The number of carboxylic acids is 2. The van der Waals surface area contributed by atoms with Gasteiger partial charge in [0.25, 0.3) is 0 Å². The van der Waals surface area contributed by atoms with Gasteiger partial charge in [-0.05, 0) is 0 Å². The molecule has 8 nitrogen and oxygen atoms in total. The normalized spacial score (nSPS) is 6.18. The number of aliphatic carboxylic acids is 2. The van der Waals surface area contributed by atoms with Crippen LogP contribution in [-0.2, 0) is 9.59 Å². The van der Waals surface area contributed by atoms with Gasteiger partial charge in [0.1, 0.15) is 0 Å². The first kappa shape index (κ1) is 17.0. The van der Waals surface area contributed by atoms with Crippen LogP contribution in [0.2, 0.25) is 0 Å². The van der Waals surface area contributed by atoms with Crippen LogP contribution in [0.3, 0.4) is 0 Å². The molecule has 0 aromatic carbocycles. The van der Waals surface area contributed by atoms with Crippen molar-refractivity contribution in [3.8, 4) is 0 Å². The molecule has 11 heavy (non-hydrogen) atoms. The second-order valence-corrected chi connectivity index (χ2v) is 0.834. The van der Waals surface area contributed by atoms with E-state index in [0.717, 1.165) is 0 Å². The molecule has 0 atom stereocenters. The molecule has 0 heterocycles. The molecule has 0 saturated carbocycles. The molecule has 0 aromatic heterocycles. The van der Waals surface area contributed by atoms with Crippen LogP contribution in [0.5, 0.6) is 0 Å². The van der Waals surface area contributed by atoms with E-state index >= 15 is 0 Å². The van der Waals surface area contributed by atoms with Gasteiger partial charge in [0.05, 0.1) is 5.09 Å². The average Bonchev–Trinajstić information content (AvgIpc) is 1.63. The van der Waals surface area contributed by atoms with Gasteiger partial charge in [0.2, 0.25) is 0 Å². The van der Waals surface area contributed by atoms with Crippen LogP contribution < -0.4 is 51.4 Å². The van der Waals surface area contributed by atoms with Crippen molar-refractivity contribution < 1.29 is 76.3 Å². The summed E-state index contributed by atoms with van der Waals surface area (Å²) >= 11 is 0. The molecule has 9 heteroatoms. The van der Waals surface area contributed by atoms with Crippen LogP contribution in [0.4, 0.5) is 0 Å². The molecule has 0 radical (unpaired) electrons. The van der Waals surface area contributed by atoms with Crippen molar-refractivity contribution in [3.05, 3.63) is 15.3 Å². The Kier molecular flexibility index (Phi) is 15.1. The van der Waals surface area contributed by atoms with Crippen molar-refractivity contribution in [1.82, 2.24) is 0 Å². The van der Waals surface area contributed by atoms with E-state index in [0.29, 0.717) is 0 Å². The minimum Gasteiger partial charge on any atom is -0.473 e. The van der Waals surface area contributed by atoms with Crippen LogP contribution in [0.1, 0.15) is 0 Å². The second kappa shape index (κ2) is 9.78. The molecule has 58 valence electrons. The predicted molar refractivity (Wildman–Crippen MR) is 25.6 cm³/mol. The summed E-state index contributed by atoms with van der Waals surface area (Å²) in [6.07, 6.45) is 0. The van der Waals surface area contributed by atoms with E-state index in [1.54, 1.807) is 0 Å². The van der Waals surface area contributed by atoms with Crippen molar-refractivity contribution in [2.24, 2.45) is 0 Å². The molecule has 0 aliphatic carbocycles. The maximum Gasteiger partial charge on any atom is 1.00 e. The van der Waals surface area contributed by atoms with E-state index < -0.39 is 17.0 Å². The van der Waals surface area contributed by atoms with Gasteiger partial charge < -0.3 is 25.5 Å². The Morgan fingerprint density at radius 3 is 1.18 bits per heavy atom. The largest absolute Gasteiger partial charge is 1.00 e. The number of nitrogens with zero attached hydrogens (tertiary/aromatic N) is 1. The number of rotatable bonds is 0. The van der Waals surface area contributed by atoms with Gasteiger partial charge in [-0.3, -0.25) is 0 Å². The topological polar surface area (TPSA) is 141 Å². The minimum atomic E-state index is -1.82. The van der Waals surface area contributed by atoms with Crippen LogP contribution in [0.15, 0.2) is 0 Å². The van der Waals surface area contributed by atoms with Gasteiger partial charge in [0.15, 0.2) is 0 Å². The summed E-state index contributed by atoms with van der Waals surface area (Å²) < 4.78 is 0. The third-order valence-electron chi connectivity index (χ3n) is 0.183. The van der Waals surface area contributed by atoms with Crippen molar-refractivity contribution >= 4 is 11.9 Å². The van der Waals surface area contributed by atoms with E-state index in [2.05, 4.69) is 0 Å². The zero-order chi connectivity index (χ0) is 8.73. The third-order valence-corrected chi connectivity index (χ3v) is 0.183. The average molecular weight is 191 g/mol. The van der Waals surface area contributed by atoms with Gasteiger partial charge in [-0.25, -0.2) is 9.59 Å². The predicted octanol–water partition coefficient (Wildman–Crippen LogP) is -4.08. The fraction of sp³-hybridized carbons (Fsp3) is 0. The molecular formula is C2H2KNO7. The van der Waals surface area contributed by atoms with Gasteiger partial charge >= 0.3 is 63.3 Å². The molecule has 0 spiro atoms. The first-order valence-corrected chi connectivity index (χ1v) is 1.65. The summed E-state index contributed by atoms with van der Waals surface area (Å²) in [7, 11) is 0. The Hall–Kier alpha value is -0.224. The standard InChI is InChI=1S/C2H2O4.K.NO3/c3-1(4)2(5)6;;2-1(3)4/h(H,3,4)(H,5,6);;/q;+1;-1. The van der Waals surface area contributed by atoms with Crippen molar-refractivity contribution in [2.45, 2.75) is 0 Å². The van der Waals surface area contributed by atoms with Gasteiger partial charge in [0, 0.05) is 0 Å². The zero-order valence-electron chi connectivity index (χ0n) is 5.38.